The number of carbonyl (C=O) groups excluding carboxylic acids is 1. The predicted molar refractivity (Wildman–Crippen MR) is 110 cm³/mol. The van der Waals surface area contributed by atoms with Gasteiger partial charge in [-0.3, -0.25) is 4.79 Å². The Morgan fingerprint density at radius 1 is 0.750 bits per heavy atom. The van der Waals surface area contributed by atoms with Gasteiger partial charge in [0, 0.05) is 6.54 Å². The molecule has 0 bridgehead atoms. The molecular weight excluding hydrogens is 350 g/mol. The molecule has 0 amide bonds. The molecule has 0 aliphatic heterocycles. The Labute approximate surface area is 166 Å². The van der Waals surface area contributed by atoms with E-state index in [1.807, 2.05) is 48.5 Å². The molecule has 0 spiro atoms. The molecule has 4 nitrogen and oxygen atoms in total. The maximum absolute atomic E-state index is 11.7. The Morgan fingerprint density at radius 2 is 1.36 bits per heavy atom. The molecule has 0 saturated carbocycles. The molecule has 3 rings (SSSR count). The zero-order valence-corrected chi connectivity index (χ0v) is 15.8. The first-order chi connectivity index (χ1) is 13.8. The highest BCUT2D eigenvalue weighted by Crippen LogP contribution is 2.15. The van der Waals surface area contributed by atoms with E-state index in [1.54, 1.807) is 0 Å². The van der Waals surface area contributed by atoms with Crippen molar-refractivity contribution in [2.45, 2.75) is 13.0 Å². The van der Waals surface area contributed by atoms with Crippen molar-refractivity contribution in [3.05, 3.63) is 102 Å². The summed E-state index contributed by atoms with van der Waals surface area (Å²) >= 11 is 0. The monoisotopic (exact) mass is 375 g/mol. The maximum atomic E-state index is 11.7. The second-order valence-corrected chi connectivity index (χ2v) is 6.48. The van der Waals surface area contributed by atoms with Crippen molar-refractivity contribution in [2.24, 2.45) is 0 Å². The van der Waals surface area contributed by atoms with Crippen molar-refractivity contribution >= 4 is 5.97 Å². The van der Waals surface area contributed by atoms with Crippen molar-refractivity contribution in [1.82, 2.24) is 5.32 Å². The second-order valence-electron chi connectivity index (χ2n) is 6.48. The molecule has 0 heterocycles. The zero-order chi connectivity index (χ0) is 19.4. The van der Waals surface area contributed by atoms with E-state index >= 15 is 0 Å². The third-order valence-electron chi connectivity index (χ3n) is 4.23. The Kier molecular flexibility index (Phi) is 7.65. The van der Waals surface area contributed by atoms with Gasteiger partial charge in [-0.15, -0.1) is 0 Å². The zero-order valence-electron chi connectivity index (χ0n) is 15.8. The topological polar surface area (TPSA) is 47.6 Å². The molecule has 4 heteroatoms. The van der Waals surface area contributed by atoms with Crippen molar-refractivity contribution in [3.8, 4) is 5.75 Å². The van der Waals surface area contributed by atoms with E-state index in [0.29, 0.717) is 19.8 Å². The van der Waals surface area contributed by atoms with Crippen LogP contribution in [-0.2, 0) is 22.6 Å². The first-order valence-corrected chi connectivity index (χ1v) is 9.45. The van der Waals surface area contributed by atoms with E-state index in [-0.39, 0.29) is 12.5 Å². The minimum Gasteiger partial charge on any atom is -0.492 e. The summed E-state index contributed by atoms with van der Waals surface area (Å²) < 4.78 is 10.9. The van der Waals surface area contributed by atoms with Crippen LogP contribution >= 0.6 is 0 Å². The summed E-state index contributed by atoms with van der Waals surface area (Å²) in [6.07, 6.45) is 0.910. The molecule has 0 aromatic heterocycles. The molecular formula is C24H25NO3. The van der Waals surface area contributed by atoms with Crippen molar-refractivity contribution < 1.29 is 14.3 Å². The SMILES string of the molecule is O=C(CNCCOc1ccc(Cc2ccccc2)cc1)OCc1ccccc1. The van der Waals surface area contributed by atoms with Gasteiger partial charge in [-0.05, 0) is 35.2 Å². The molecule has 0 saturated heterocycles. The van der Waals surface area contributed by atoms with Crippen LogP contribution in [0, 0.1) is 0 Å². The average Bonchev–Trinajstić information content (AvgIpc) is 2.75. The van der Waals surface area contributed by atoms with E-state index < -0.39 is 0 Å². The van der Waals surface area contributed by atoms with E-state index in [0.717, 1.165) is 17.7 Å². The van der Waals surface area contributed by atoms with Gasteiger partial charge < -0.3 is 14.8 Å². The number of rotatable bonds is 10. The molecule has 3 aromatic rings. The van der Waals surface area contributed by atoms with Gasteiger partial charge in [0.2, 0.25) is 0 Å². The van der Waals surface area contributed by atoms with Crippen LogP contribution in [0.25, 0.3) is 0 Å². The lowest BCUT2D eigenvalue weighted by atomic mass is 10.1. The highest BCUT2D eigenvalue weighted by Gasteiger charge is 2.03. The van der Waals surface area contributed by atoms with Crippen LogP contribution in [0.5, 0.6) is 5.75 Å². The molecule has 0 aliphatic carbocycles. The summed E-state index contributed by atoms with van der Waals surface area (Å²) in [4.78, 5) is 11.7. The van der Waals surface area contributed by atoms with Crippen LogP contribution in [-0.4, -0.2) is 25.7 Å². The largest absolute Gasteiger partial charge is 0.492 e. The van der Waals surface area contributed by atoms with Gasteiger partial charge in [-0.1, -0.05) is 72.8 Å². The summed E-state index contributed by atoms with van der Waals surface area (Å²) in [6.45, 7) is 1.54. The van der Waals surface area contributed by atoms with E-state index in [4.69, 9.17) is 9.47 Å². The van der Waals surface area contributed by atoms with Gasteiger partial charge in [0.25, 0.3) is 0 Å². The van der Waals surface area contributed by atoms with Gasteiger partial charge in [-0.25, -0.2) is 0 Å². The number of hydrogen-bond donors (Lipinski definition) is 1. The highest BCUT2D eigenvalue weighted by atomic mass is 16.5. The molecule has 0 aliphatic rings. The quantitative estimate of drug-likeness (QED) is 0.430. The highest BCUT2D eigenvalue weighted by molar-refractivity contribution is 5.71. The van der Waals surface area contributed by atoms with Gasteiger partial charge in [-0.2, -0.15) is 0 Å². The second kappa shape index (κ2) is 10.9. The van der Waals surface area contributed by atoms with Crippen LogP contribution in [0.2, 0.25) is 0 Å². The third-order valence-corrected chi connectivity index (χ3v) is 4.23. The lowest BCUT2D eigenvalue weighted by Crippen LogP contribution is -2.28. The van der Waals surface area contributed by atoms with Gasteiger partial charge in [0.1, 0.15) is 19.0 Å². The summed E-state index contributed by atoms with van der Waals surface area (Å²) in [6, 6.07) is 28.1. The van der Waals surface area contributed by atoms with Crippen LogP contribution in [0.15, 0.2) is 84.9 Å². The molecule has 3 aromatic carbocycles. The van der Waals surface area contributed by atoms with Crippen molar-refractivity contribution in [2.75, 3.05) is 19.7 Å². The Morgan fingerprint density at radius 3 is 2.04 bits per heavy atom. The van der Waals surface area contributed by atoms with E-state index in [9.17, 15) is 4.79 Å². The average molecular weight is 375 g/mol. The van der Waals surface area contributed by atoms with Crippen molar-refractivity contribution in [1.29, 1.82) is 0 Å². The van der Waals surface area contributed by atoms with Crippen molar-refractivity contribution in [3.63, 3.8) is 0 Å². The molecule has 0 unspecified atom stereocenters. The van der Waals surface area contributed by atoms with Gasteiger partial charge in [0.05, 0.1) is 6.54 Å². The lowest BCUT2D eigenvalue weighted by molar-refractivity contribution is -0.143. The van der Waals surface area contributed by atoms with Crippen LogP contribution < -0.4 is 10.1 Å². The first-order valence-electron chi connectivity index (χ1n) is 9.45. The fourth-order valence-corrected chi connectivity index (χ4v) is 2.76. The molecule has 1 N–H and O–H groups in total. The van der Waals surface area contributed by atoms with E-state index in [1.165, 1.54) is 11.1 Å². The fourth-order valence-electron chi connectivity index (χ4n) is 2.76. The normalized spacial score (nSPS) is 10.4. The first kappa shape index (κ1) is 19.6. The number of ether oxygens (including phenoxy) is 2. The summed E-state index contributed by atoms with van der Waals surface area (Å²) in [5.41, 5.74) is 3.52. The standard InChI is InChI=1S/C24H25NO3/c26-24(28-19-22-9-5-2-6-10-22)18-25-15-16-27-23-13-11-21(12-14-23)17-20-7-3-1-4-8-20/h1-14,25H,15-19H2. The van der Waals surface area contributed by atoms with Crippen LogP contribution in [0.1, 0.15) is 16.7 Å². The minimum atomic E-state index is -0.269. The lowest BCUT2D eigenvalue weighted by Gasteiger charge is -2.09. The number of hydrogen-bond acceptors (Lipinski definition) is 4. The van der Waals surface area contributed by atoms with Gasteiger partial charge >= 0.3 is 5.97 Å². The van der Waals surface area contributed by atoms with E-state index in [2.05, 4.69) is 41.7 Å². The molecule has 0 fully saturated rings. The Balaban J connectivity index is 1.29. The predicted octanol–water partition coefficient (Wildman–Crippen LogP) is 3.99. The molecule has 28 heavy (non-hydrogen) atoms. The van der Waals surface area contributed by atoms with Gasteiger partial charge in [0.15, 0.2) is 0 Å². The molecule has 0 atom stereocenters. The maximum Gasteiger partial charge on any atom is 0.320 e. The number of benzene rings is 3. The summed E-state index contributed by atoms with van der Waals surface area (Å²) in [5, 5.41) is 3.04. The summed E-state index contributed by atoms with van der Waals surface area (Å²) in [5.74, 6) is 0.555. The summed E-state index contributed by atoms with van der Waals surface area (Å²) in [7, 11) is 0. The smallest absolute Gasteiger partial charge is 0.320 e. The molecule has 144 valence electrons. The Hall–Kier alpha value is -3.11. The molecule has 0 radical (unpaired) electrons. The number of nitrogens with one attached hydrogen (secondary N) is 1. The minimum absolute atomic E-state index is 0.173. The third kappa shape index (κ3) is 6.89. The van der Waals surface area contributed by atoms with Crippen LogP contribution in [0.4, 0.5) is 0 Å². The Bertz CT molecular complexity index is 833. The number of carbonyl (C=O) groups is 1. The van der Waals surface area contributed by atoms with Crippen LogP contribution in [0.3, 0.4) is 0 Å². The fraction of sp³-hybridized carbons (Fsp3) is 0.208. The number of esters is 1.